The maximum absolute atomic E-state index is 12.9. The third-order valence-electron chi connectivity index (χ3n) is 5.13. The minimum absolute atomic E-state index is 0.0514. The predicted octanol–water partition coefficient (Wildman–Crippen LogP) is 4.52. The second-order valence-electron chi connectivity index (χ2n) is 6.82. The van der Waals surface area contributed by atoms with Gasteiger partial charge in [-0.05, 0) is 43.8 Å². The monoisotopic (exact) mass is 385 g/mol. The molecule has 0 amide bonds. The van der Waals surface area contributed by atoms with Crippen LogP contribution in [-0.4, -0.2) is 44.2 Å². The van der Waals surface area contributed by atoms with Gasteiger partial charge in [0.25, 0.3) is 0 Å². The van der Waals surface area contributed by atoms with E-state index in [2.05, 4.69) is 11.0 Å². The Hall–Kier alpha value is -1.98. The normalized spacial score (nSPS) is 17.5. The summed E-state index contributed by atoms with van der Waals surface area (Å²) in [7, 11) is 3.32. The van der Waals surface area contributed by atoms with E-state index in [0.717, 1.165) is 55.1 Å². The Morgan fingerprint density at radius 2 is 1.93 bits per heavy atom. The Morgan fingerprint density at radius 1 is 1.15 bits per heavy atom. The number of hydrogen-bond donors (Lipinski definition) is 0. The van der Waals surface area contributed by atoms with Crippen LogP contribution >= 0.6 is 11.8 Å². The highest BCUT2D eigenvalue weighted by atomic mass is 32.2. The summed E-state index contributed by atoms with van der Waals surface area (Å²) >= 11 is 1.69. The van der Waals surface area contributed by atoms with Crippen LogP contribution in [0.15, 0.2) is 47.4 Å². The number of rotatable bonds is 7. The summed E-state index contributed by atoms with van der Waals surface area (Å²) in [5.74, 6) is 1.83. The van der Waals surface area contributed by atoms with Gasteiger partial charge in [-0.25, -0.2) is 0 Å². The maximum Gasteiger partial charge on any atom is 0.167 e. The highest BCUT2D eigenvalue weighted by Crippen LogP contribution is 2.32. The average Bonchev–Trinajstić information content (AvgIpc) is 2.73. The van der Waals surface area contributed by atoms with Crippen LogP contribution in [0.2, 0.25) is 0 Å². The molecule has 0 aliphatic carbocycles. The first-order valence-electron chi connectivity index (χ1n) is 9.26. The molecule has 2 aromatic rings. The minimum Gasteiger partial charge on any atom is -0.493 e. The van der Waals surface area contributed by atoms with Gasteiger partial charge in [-0.3, -0.25) is 9.69 Å². The van der Waals surface area contributed by atoms with Crippen molar-refractivity contribution >= 4 is 17.5 Å². The van der Waals surface area contributed by atoms with Crippen molar-refractivity contribution in [1.82, 2.24) is 4.90 Å². The first kappa shape index (κ1) is 19.8. The fourth-order valence-corrected chi connectivity index (χ4v) is 4.13. The van der Waals surface area contributed by atoms with Gasteiger partial charge in [-0.1, -0.05) is 24.3 Å². The van der Waals surface area contributed by atoms with Crippen molar-refractivity contribution < 1.29 is 14.3 Å². The summed E-state index contributed by atoms with van der Waals surface area (Å²) < 4.78 is 11.0. The van der Waals surface area contributed by atoms with E-state index in [0.29, 0.717) is 0 Å². The van der Waals surface area contributed by atoms with Crippen LogP contribution in [0.25, 0.3) is 0 Å². The van der Waals surface area contributed by atoms with E-state index in [9.17, 15) is 4.79 Å². The van der Waals surface area contributed by atoms with E-state index < -0.39 is 0 Å². The summed E-state index contributed by atoms with van der Waals surface area (Å²) in [6.07, 6.45) is 4.03. The zero-order valence-corrected chi connectivity index (χ0v) is 17.1. The predicted molar refractivity (Wildman–Crippen MR) is 110 cm³/mol. The Morgan fingerprint density at radius 3 is 2.59 bits per heavy atom. The Kier molecular flexibility index (Phi) is 6.80. The lowest BCUT2D eigenvalue weighted by molar-refractivity contribution is 0.0810. The van der Waals surface area contributed by atoms with Gasteiger partial charge in [0.15, 0.2) is 17.3 Å². The zero-order chi connectivity index (χ0) is 19.2. The van der Waals surface area contributed by atoms with Gasteiger partial charge in [-0.15, -0.1) is 11.8 Å². The standard InChI is InChI=1S/C22H27NO3S/c1-25-20-8-4-6-18(22(20)26-2)15-23-13-5-7-17(14-23)21(24)16-9-11-19(27-3)12-10-16/h4,6,8-12,17H,5,7,13-15H2,1-3H3/t17-/m1/s1. The molecule has 0 aromatic heterocycles. The second-order valence-corrected chi connectivity index (χ2v) is 7.70. The molecule has 0 unspecified atom stereocenters. The fraction of sp³-hybridized carbons (Fsp3) is 0.409. The average molecular weight is 386 g/mol. The Bertz CT molecular complexity index is 776. The van der Waals surface area contributed by atoms with Crippen molar-refractivity contribution in [3.05, 3.63) is 53.6 Å². The van der Waals surface area contributed by atoms with Crippen molar-refractivity contribution in [2.75, 3.05) is 33.6 Å². The fourth-order valence-electron chi connectivity index (χ4n) is 3.72. The third-order valence-corrected chi connectivity index (χ3v) is 5.87. The number of piperidine rings is 1. The number of hydrogen-bond acceptors (Lipinski definition) is 5. The zero-order valence-electron chi connectivity index (χ0n) is 16.2. The van der Waals surface area contributed by atoms with Crippen LogP contribution in [0.1, 0.15) is 28.8 Å². The molecule has 1 heterocycles. The van der Waals surface area contributed by atoms with Crippen LogP contribution in [-0.2, 0) is 6.54 Å². The molecule has 27 heavy (non-hydrogen) atoms. The number of likely N-dealkylation sites (tertiary alicyclic amines) is 1. The third kappa shape index (κ3) is 4.66. The first-order valence-corrected chi connectivity index (χ1v) is 10.5. The molecule has 1 atom stereocenters. The highest BCUT2D eigenvalue weighted by molar-refractivity contribution is 7.98. The van der Waals surface area contributed by atoms with Crippen molar-refractivity contribution in [2.24, 2.45) is 5.92 Å². The van der Waals surface area contributed by atoms with E-state index >= 15 is 0 Å². The van der Waals surface area contributed by atoms with Gasteiger partial charge in [0, 0.05) is 35.0 Å². The van der Waals surface area contributed by atoms with E-state index in [1.807, 2.05) is 42.7 Å². The van der Waals surface area contributed by atoms with E-state index in [1.165, 1.54) is 4.90 Å². The molecular formula is C22H27NO3S. The molecule has 1 saturated heterocycles. The molecule has 5 heteroatoms. The minimum atomic E-state index is 0.0514. The first-order chi connectivity index (χ1) is 13.2. The maximum atomic E-state index is 12.9. The molecule has 0 spiro atoms. The lowest BCUT2D eigenvalue weighted by Crippen LogP contribution is -2.38. The molecular weight excluding hydrogens is 358 g/mol. The Labute approximate surface area is 165 Å². The number of para-hydroxylation sites is 1. The van der Waals surface area contributed by atoms with Gasteiger partial charge in [0.05, 0.1) is 14.2 Å². The molecule has 0 bridgehead atoms. The van der Waals surface area contributed by atoms with Crippen molar-refractivity contribution in [3.8, 4) is 11.5 Å². The smallest absolute Gasteiger partial charge is 0.167 e. The van der Waals surface area contributed by atoms with Gasteiger partial charge in [0.2, 0.25) is 0 Å². The molecule has 1 aliphatic heterocycles. The molecule has 3 rings (SSSR count). The summed E-state index contributed by atoms with van der Waals surface area (Å²) in [5, 5.41) is 0. The molecule has 0 saturated carbocycles. The summed E-state index contributed by atoms with van der Waals surface area (Å²) in [4.78, 5) is 16.5. The lowest BCUT2D eigenvalue weighted by atomic mass is 9.90. The van der Waals surface area contributed by atoms with E-state index in [4.69, 9.17) is 9.47 Å². The molecule has 0 N–H and O–H groups in total. The van der Waals surface area contributed by atoms with Crippen LogP contribution in [0.3, 0.4) is 0 Å². The number of methoxy groups -OCH3 is 2. The Balaban J connectivity index is 1.70. The topological polar surface area (TPSA) is 38.8 Å². The number of carbonyl (C=O) groups excluding carboxylic acids is 1. The number of ketones is 1. The van der Waals surface area contributed by atoms with Crippen LogP contribution < -0.4 is 9.47 Å². The second kappa shape index (κ2) is 9.29. The largest absolute Gasteiger partial charge is 0.493 e. The number of nitrogens with zero attached hydrogens (tertiary/aromatic N) is 1. The van der Waals surface area contributed by atoms with Crippen molar-refractivity contribution in [1.29, 1.82) is 0 Å². The van der Waals surface area contributed by atoms with Crippen LogP contribution in [0.4, 0.5) is 0 Å². The van der Waals surface area contributed by atoms with Gasteiger partial charge < -0.3 is 9.47 Å². The van der Waals surface area contributed by atoms with Crippen LogP contribution in [0.5, 0.6) is 11.5 Å². The van der Waals surface area contributed by atoms with Crippen molar-refractivity contribution in [3.63, 3.8) is 0 Å². The van der Waals surface area contributed by atoms with E-state index in [-0.39, 0.29) is 11.7 Å². The quantitative estimate of drug-likeness (QED) is 0.517. The number of Topliss-reactive ketones (excluding diaryl/α,β-unsaturated/α-hetero) is 1. The number of benzene rings is 2. The molecule has 0 radical (unpaired) electrons. The molecule has 4 nitrogen and oxygen atoms in total. The number of ether oxygens (including phenoxy) is 2. The van der Waals surface area contributed by atoms with Crippen LogP contribution in [0, 0.1) is 5.92 Å². The molecule has 1 aliphatic rings. The van der Waals surface area contributed by atoms with E-state index in [1.54, 1.807) is 26.0 Å². The highest BCUT2D eigenvalue weighted by Gasteiger charge is 2.27. The van der Waals surface area contributed by atoms with Crippen molar-refractivity contribution in [2.45, 2.75) is 24.3 Å². The van der Waals surface area contributed by atoms with Gasteiger partial charge in [-0.2, -0.15) is 0 Å². The van der Waals surface area contributed by atoms with Gasteiger partial charge >= 0.3 is 0 Å². The molecule has 144 valence electrons. The molecule has 1 fully saturated rings. The summed E-state index contributed by atoms with van der Waals surface area (Å²) in [5.41, 5.74) is 1.91. The lowest BCUT2D eigenvalue weighted by Gasteiger charge is -2.32. The van der Waals surface area contributed by atoms with Gasteiger partial charge in [0.1, 0.15) is 0 Å². The number of thioether (sulfide) groups is 1. The summed E-state index contributed by atoms with van der Waals surface area (Å²) in [6, 6.07) is 13.9. The summed E-state index contributed by atoms with van der Waals surface area (Å²) in [6.45, 7) is 2.54. The number of carbonyl (C=O) groups is 1. The molecule has 2 aromatic carbocycles. The SMILES string of the molecule is COc1cccc(CN2CCC[C@@H](C(=O)c3ccc(SC)cc3)C2)c1OC.